The topological polar surface area (TPSA) is 92.2 Å². The Kier molecular flexibility index (Phi) is 7.67. The van der Waals surface area contributed by atoms with Crippen molar-refractivity contribution in [1.82, 2.24) is 4.90 Å². The van der Waals surface area contributed by atoms with Crippen LogP contribution >= 0.6 is 0 Å². The molecule has 1 fully saturated rings. The van der Waals surface area contributed by atoms with Gasteiger partial charge in [0.25, 0.3) is 0 Å². The Hall–Kier alpha value is -3.62. The largest absolute Gasteiger partial charge is 0.494 e. The maximum atomic E-state index is 15.4. The summed E-state index contributed by atoms with van der Waals surface area (Å²) in [6, 6.07) is 5.19. The van der Waals surface area contributed by atoms with Gasteiger partial charge in [-0.25, -0.2) is 4.39 Å². The second-order valence-corrected chi connectivity index (χ2v) is 10.5. The number of nitrogens with one attached hydrogen (secondary N) is 1. The Morgan fingerprint density at radius 3 is 2.39 bits per heavy atom. The molecule has 204 valence electrons. The van der Waals surface area contributed by atoms with E-state index in [1.54, 1.807) is 49.0 Å². The molecule has 1 saturated heterocycles. The van der Waals surface area contributed by atoms with Gasteiger partial charge in [0.1, 0.15) is 11.6 Å². The highest BCUT2D eigenvalue weighted by atomic mass is 19.1. The summed E-state index contributed by atoms with van der Waals surface area (Å²) in [5.74, 6) is -0.113. The van der Waals surface area contributed by atoms with Gasteiger partial charge < -0.3 is 24.0 Å². The second-order valence-electron chi connectivity index (χ2n) is 10.5. The lowest BCUT2D eigenvalue weighted by atomic mass is 9.84. The van der Waals surface area contributed by atoms with Crippen molar-refractivity contribution in [2.75, 3.05) is 38.3 Å². The summed E-state index contributed by atoms with van der Waals surface area (Å²) in [5, 5.41) is 8.66. The maximum Gasteiger partial charge on any atom is 0.227 e. The molecule has 1 N–H and O–H groups in total. The fourth-order valence-electron chi connectivity index (χ4n) is 5.07. The predicted octanol–water partition coefficient (Wildman–Crippen LogP) is 5.08. The molecule has 0 saturated carbocycles. The van der Waals surface area contributed by atoms with Crippen LogP contribution < -0.4 is 19.1 Å². The molecule has 0 bridgehead atoms. The molecule has 0 atom stereocenters. The number of hydrogen-bond donors (Lipinski definition) is 1. The van der Waals surface area contributed by atoms with Gasteiger partial charge in [0.15, 0.2) is 23.1 Å². The Labute approximate surface area is 223 Å². The first-order valence-corrected chi connectivity index (χ1v) is 13.0. The summed E-state index contributed by atoms with van der Waals surface area (Å²) in [6.07, 6.45) is 1.20. The van der Waals surface area contributed by atoms with Crippen molar-refractivity contribution in [2.24, 2.45) is 0 Å². The first-order chi connectivity index (χ1) is 18.0. The number of fused-ring (bicyclic) bond motifs is 1. The quantitative estimate of drug-likeness (QED) is 0.459. The van der Waals surface area contributed by atoms with E-state index >= 15 is 4.39 Å². The SMILES string of the molecule is CCOc1cc2c(c(F)c1OCC)C(=N)N(CC(=O)c1cc(N3CCCC3=O)c(OC)c(C(C)(C)C)c1)C2. The van der Waals surface area contributed by atoms with E-state index < -0.39 is 5.82 Å². The molecule has 8 nitrogen and oxygen atoms in total. The number of benzene rings is 2. The van der Waals surface area contributed by atoms with E-state index in [4.69, 9.17) is 19.6 Å². The Bertz CT molecular complexity index is 1280. The van der Waals surface area contributed by atoms with E-state index in [1.165, 1.54) is 0 Å². The molecular formula is C29H36FN3O5. The lowest BCUT2D eigenvalue weighted by molar-refractivity contribution is -0.117. The summed E-state index contributed by atoms with van der Waals surface area (Å²) < 4.78 is 32.3. The van der Waals surface area contributed by atoms with Crippen LogP contribution in [0.15, 0.2) is 18.2 Å². The highest BCUT2D eigenvalue weighted by Gasteiger charge is 2.34. The van der Waals surface area contributed by atoms with Crippen molar-refractivity contribution in [1.29, 1.82) is 5.41 Å². The van der Waals surface area contributed by atoms with Crippen LogP contribution in [-0.2, 0) is 16.8 Å². The maximum absolute atomic E-state index is 15.4. The normalized spacial score (nSPS) is 15.2. The standard InChI is InChI=1S/C29H36FN3O5/c1-7-37-22-14-18-15-32(28(31)24(18)25(30)27(22)38-8-2)16-21(34)17-12-19(29(3,4)5)26(36-6)20(13-17)33-11-9-10-23(33)35/h12-14,31H,7-11,15-16H2,1-6H3. The summed E-state index contributed by atoms with van der Waals surface area (Å²) in [7, 11) is 1.57. The molecule has 38 heavy (non-hydrogen) atoms. The van der Waals surface area contributed by atoms with E-state index in [0.717, 1.165) is 12.0 Å². The van der Waals surface area contributed by atoms with Gasteiger partial charge in [-0.1, -0.05) is 20.8 Å². The zero-order chi connectivity index (χ0) is 27.8. The molecule has 2 aliphatic rings. The van der Waals surface area contributed by atoms with Crippen LogP contribution in [0.3, 0.4) is 0 Å². The monoisotopic (exact) mass is 525 g/mol. The third kappa shape index (κ3) is 4.93. The third-order valence-electron chi connectivity index (χ3n) is 6.87. The average Bonchev–Trinajstić information content (AvgIpc) is 3.42. The number of amides is 1. The molecule has 0 radical (unpaired) electrons. The number of amidine groups is 1. The van der Waals surface area contributed by atoms with E-state index in [1.807, 2.05) is 20.8 Å². The fourth-order valence-corrected chi connectivity index (χ4v) is 5.07. The Morgan fingerprint density at radius 2 is 1.82 bits per heavy atom. The zero-order valence-electron chi connectivity index (χ0n) is 23.0. The summed E-state index contributed by atoms with van der Waals surface area (Å²) in [5.41, 5.74) is 2.15. The van der Waals surface area contributed by atoms with E-state index in [0.29, 0.717) is 42.1 Å². The minimum atomic E-state index is -0.651. The molecule has 2 heterocycles. The molecular weight excluding hydrogens is 489 g/mol. The van der Waals surface area contributed by atoms with E-state index in [-0.39, 0.29) is 59.7 Å². The lowest BCUT2D eigenvalue weighted by Crippen LogP contribution is -2.31. The van der Waals surface area contributed by atoms with Crippen LogP contribution in [0.4, 0.5) is 10.1 Å². The number of Topliss-reactive ketones (excluding diaryl/α,β-unsaturated/α-hetero) is 1. The van der Waals surface area contributed by atoms with Gasteiger partial charge in [0.05, 0.1) is 38.1 Å². The minimum absolute atomic E-state index is 0.00444. The molecule has 1 amide bonds. The highest BCUT2D eigenvalue weighted by Crippen LogP contribution is 2.42. The van der Waals surface area contributed by atoms with E-state index in [9.17, 15) is 9.59 Å². The molecule has 2 aromatic carbocycles. The molecule has 2 aliphatic heterocycles. The van der Waals surface area contributed by atoms with Crippen molar-refractivity contribution < 1.29 is 28.2 Å². The first-order valence-electron chi connectivity index (χ1n) is 13.0. The number of hydrogen-bond acceptors (Lipinski definition) is 6. The van der Waals surface area contributed by atoms with Crippen LogP contribution in [0.1, 0.15) is 74.5 Å². The van der Waals surface area contributed by atoms with Gasteiger partial charge in [-0.15, -0.1) is 0 Å². The van der Waals surface area contributed by atoms with Crippen LogP contribution in [-0.4, -0.2) is 55.8 Å². The Morgan fingerprint density at radius 1 is 1.11 bits per heavy atom. The summed E-state index contributed by atoms with van der Waals surface area (Å²) in [4.78, 5) is 29.5. The van der Waals surface area contributed by atoms with Crippen molar-refractivity contribution in [3.63, 3.8) is 0 Å². The molecule has 2 aromatic rings. The number of nitrogens with zero attached hydrogens (tertiary/aromatic N) is 2. The van der Waals surface area contributed by atoms with Gasteiger partial charge in [-0.2, -0.15) is 0 Å². The summed E-state index contributed by atoms with van der Waals surface area (Å²) >= 11 is 0. The summed E-state index contributed by atoms with van der Waals surface area (Å²) in [6.45, 7) is 10.9. The average molecular weight is 526 g/mol. The second kappa shape index (κ2) is 10.6. The fraction of sp³-hybridized carbons (Fsp3) is 0.483. The first kappa shape index (κ1) is 27.4. The van der Waals surface area contributed by atoms with Crippen molar-refractivity contribution in [3.8, 4) is 17.2 Å². The molecule has 4 rings (SSSR count). The molecule has 0 spiro atoms. The molecule has 0 aromatic heterocycles. The molecule has 9 heteroatoms. The van der Waals surface area contributed by atoms with Gasteiger partial charge in [0.2, 0.25) is 5.91 Å². The number of rotatable bonds is 9. The number of carbonyl (C=O) groups excluding carboxylic acids is 2. The smallest absolute Gasteiger partial charge is 0.227 e. The van der Waals surface area contributed by atoms with Crippen molar-refractivity contribution >= 4 is 23.2 Å². The number of anilines is 1. The van der Waals surface area contributed by atoms with Crippen LogP contribution in [0.2, 0.25) is 0 Å². The van der Waals surface area contributed by atoms with Crippen LogP contribution in [0.25, 0.3) is 0 Å². The molecule has 0 aliphatic carbocycles. The van der Waals surface area contributed by atoms with Gasteiger partial charge in [0, 0.05) is 30.6 Å². The number of ether oxygens (including phenoxy) is 3. The lowest BCUT2D eigenvalue weighted by Gasteiger charge is -2.28. The number of halogens is 1. The number of methoxy groups -OCH3 is 1. The van der Waals surface area contributed by atoms with E-state index in [2.05, 4.69) is 0 Å². The van der Waals surface area contributed by atoms with Crippen LogP contribution in [0, 0.1) is 11.2 Å². The zero-order valence-corrected chi connectivity index (χ0v) is 23.0. The number of carbonyl (C=O) groups is 2. The highest BCUT2D eigenvalue weighted by molar-refractivity contribution is 6.07. The van der Waals surface area contributed by atoms with Crippen molar-refractivity contribution in [2.45, 2.75) is 59.4 Å². The Balaban J connectivity index is 1.69. The predicted molar refractivity (Wildman–Crippen MR) is 144 cm³/mol. The minimum Gasteiger partial charge on any atom is -0.494 e. The number of ketones is 1. The van der Waals surface area contributed by atoms with Gasteiger partial charge in [-0.05, 0) is 49.4 Å². The van der Waals surface area contributed by atoms with Gasteiger partial charge in [-0.3, -0.25) is 15.0 Å². The van der Waals surface area contributed by atoms with Crippen molar-refractivity contribution in [3.05, 3.63) is 46.3 Å². The molecule has 0 unspecified atom stereocenters. The van der Waals surface area contributed by atoms with Crippen LogP contribution in [0.5, 0.6) is 17.2 Å². The third-order valence-corrected chi connectivity index (χ3v) is 6.87. The van der Waals surface area contributed by atoms with Gasteiger partial charge >= 0.3 is 0 Å².